The minimum absolute atomic E-state index is 0.130. The Morgan fingerprint density at radius 3 is 2.80 bits per heavy atom. The molecular weight excluding hydrogens is 314 g/mol. The minimum Gasteiger partial charge on any atom is -0.497 e. The lowest BCUT2D eigenvalue weighted by molar-refractivity contribution is -0.121. The van der Waals surface area contributed by atoms with Gasteiger partial charge in [-0.3, -0.25) is 14.6 Å². The number of hydrogen-bond acceptors (Lipinski definition) is 4. The zero-order chi connectivity index (χ0) is 17.7. The summed E-state index contributed by atoms with van der Waals surface area (Å²) in [5.74, 6) is 1.08. The zero-order valence-electron chi connectivity index (χ0n) is 15.3. The Hall–Kier alpha value is -1.85. The van der Waals surface area contributed by atoms with E-state index in [1.807, 2.05) is 12.1 Å². The monoisotopic (exact) mass is 343 g/mol. The van der Waals surface area contributed by atoms with Gasteiger partial charge in [0, 0.05) is 44.7 Å². The highest BCUT2D eigenvalue weighted by atomic mass is 16.5. The van der Waals surface area contributed by atoms with Gasteiger partial charge in [0.1, 0.15) is 5.75 Å². The van der Waals surface area contributed by atoms with E-state index in [0.29, 0.717) is 6.42 Å². The van der Waals surface area contributed by atoms with Crippen LogP contribution in [0.25, 0.3) is 6.08 Å². The Kier molecular flexibility index (Phi) is 5.76. The number of carbonyl (C=O) groups excluding carboxylic acids is 1. The molecule has 0 radical (unpaired) electrons. The predicted molar refractivity (Wildman–Crippen MR) is 101 cm³/mol. The van der Waals surface area contributed by atoms with Crippen LogP contribution in [0.5, 0.6) is 5.75 Å². The summed E-state index contributed by atoms with van der Waals surface area (Å²) in [6, 6.07) is 8.12. The second-order valence-corrected chi connectivity index (χ2v) is 7.16. The van der Waals surface area contributed by atoms with Gasteiger partial charge in [-0.05, 0) is 37.6 Å². The molecule has 1 N–H and O–H groups in total. The lowest BCUT2D eigenvalue weighted by atomic mass is 9.86. The van der Waals surface area contributed by atoms with Crippen LogP contribution >= 0.6 is 0 Å². The summed E-state index contributed by atoms with van der Waals surface area (Å²) < 4.78 is 5.19. The van der Waals surface area contributed by atoms with E-state index in [1.165, 1.54) is 5.56 Å². The second-order valence-electron chi connectivity index (χ2n) is 7.16. The SMILES string of the molecule is COc1ccc(/C=C/CN2CCN(C)C3(CCNC(=O)CC3)C2)cc1. The molecule has 5 nitrogen and oxygen atoms in total. The third-order valence-corrected chi connectivity index (χ3v) is 5.60. The molecule has 2 saturated heterocycles. The average molecular weight is 343 g/mol. The molecule has 1 aromatic carbocycles. The maximum absolute atomic E-state index is 11.7. The van der Waals surface area contributed by atoms with E-state index < -0.39 is 0 Å². The topological polar surface area (TPSA) is 44.8 Å². The first-order valence-electron chi connectivity index (χ1n) is 9.12. The van der Waals surface area contributed by atoms with Gasteiger partial charge in [0.25, 0.3) is 0 Å². The number of rotatable bonds is 4. The Morgan fingerprint density at radius 1 is 1.24 bits per heavy atom. The summed E-state index contributed by atoms with van der Waals surface area (Å²) in [6.45, 7) is 4.91. The van der Waals surface area contributed by atoms with Crippen LogP contribution in [0.3, 0.4) is 0 Å². The first kappa shape index (κ1) is 18.0. The molecule has 0 aliphatic carbocycles. The highest BCUT2D eigenvalue weighted by Crippen LogP contribution is 2.30. The number of nitrogens with one attached hydrogen (secondary N) is 1. The minimum atomic E-state index is 0.130. The number of methoxy groups -OCH3 is 1. The summed E-state index contributed by atoms with van der Waals surface area (Å²) >= 11 is 0. The summed E-state index contributed by atoms with van der Waals surface area (Å²) in [6.07, 6.45) is 7.03. The van der Waals surface area contributed by atoms with Crippen LogP contribution in [0.4, 0.5) is 0 Å². The van der Waals surface area contributed by atoms with Gasteiger partial charge in [0.15, 0.2) is 0 Å². The number of nitrogens with zero attached hydrogens (tertiary/aromatic N) is 2. The van der Waals surface area contributed by atoms with E-state index in [0.717, 1.165) is 51.3 Å². The quantitative estimate of drug-likeness (QED) is 0.908. The van der Waals surface area contributed by atoms with Crippen LogP contribution in [-0.2, 0) is 4.79 Å². The molecule has 0 bridgehead atoms. The van der Waals surface area contributed by atoms with Crippen molar-refractivity contribution in [2.24, 2.45) is 0 Å². The molecule has 1 atom stereocenters. The molecule has 1 spiro atoms. The zero-order valence-corrected chi connectivity index (χ0v) is 15.3. The average Bonchev–Trinajstić information content (AvgIpc) is 2.81. The first-order chi connectivity index (χ1) is 12.1. The maximum Gasteiger partial charge on any atom is 0.220 e. The molecule has 1 aromatic rings. The normalized spacial score (nSPS) is 25.9. The van der Waals surface area contributed by atoms with Gasteiger partial charge >= 0.3 is 0 Å². The third kappa shape index (κ3) is 4.41. The number of carbonyl (C=O) groups is 1. The Balaban J connectivity index is 1.59. The van der Waals surface area contributed by atoms with Crippen molar-refractivity contribution in [2.75, 3.05) is 46.9 Å². The van der Waals surface area contributed by atoms with Gasteiger partial charge < -0.3 is 10.1 Å². The summed E-state index contributed by atoms with van der Waals surface area (Å²) in [4.78, 5) is 16.7. The number of likely N-dealkylation sites (N-methyl/N-ethyl adjacent to an activating group) is 1. The Morgan fingerprint density at radius 2 is 2.04 bits per heavy atom. The van der Waals surface area contributed by atoms with Gasteiger partial charge in [0.05, 0.1) is 7.11 Å². The van der Waals surface area contributed by atoms with Gasteiger partial charge in [-0.2, -0.15) is 0 Å². The van der Waals surface area contributed by atoms with E-state index in [9.17, 15) is 4.79 Å². The van der Waals surface area contributed by atoms with E-state index in [-0.39, 0.29) is 11.4 Å². The molecule has 0 saturated carbocycles. The molecule has 2 aliphatic rings. The third-order valence-electron chi connectivity index (χ3n) is 5.60. The van der Waals surface area contributed by atoms with Crippen LogP contribution in [0.15, 0.2) is 30.3 Å². The lowest BCUT2D eigenvalue weighted by Gasteiger charge is -2.49. The van der Waals surface area contributed by atoms with Crippen molar-refractivity contribution in [3.8, 4) is 5.75 Å². The van der Waals surface area contributed by atoms with Gasteiger partial charge in [-0.1, -0.05) is 24.3 Å². The van der Waals surface area contributed by atoms with Gasteiger partial charge in [-0.25, -0.2) is 0 Å². The van der Waals surface area contributed by atoms with Crippen molar-refractivity contribution in [3.63, 3.8) is 0 Å². The number of amides is 1. The van der Waals surface area contributed by atoms with E-state index >= 15 is 0 Å². The highest BCUT2D eigenvalue weighted by Gasteiger charge is 2.40. The molecule has 2 fully saturated rings. The van der Waals surface area contributed by atoms with E-state index in [1.54, 1.807) is 7.11 Å². The van der Waals surface area contributed by atoms with Crippen LogP contribution in [0.1, 0.15) is 24.8 Å². The number of benzene rings is 1. The Labute approximate surface area is 150 Å². The fourth-order valence-electron chi connectivity index (χ4n) is 3.89. The number of hydrogen-bond donors (Lipinski definition) is 1. The van der Waals surface area contributed by atoms with Crippen LogP contribution in [-0.4, -0.2) is 68.1 Å². The molecule has 3 rings (SSSR count). The first-order valence-corrected chi connectivity index (χ1v) is 9.12. The smallest absolute Gasteiger partial charge is 0.220 e. The summed E-state index contributed by atoms with van der Waals surface area (Å²) in [7, 11) is 3.89. The van der Waals surface area contributed by atoms with Gasteiger partial charge in [0.2, 0.25) is 5.91 Å². The van der Waals surface area contributed by atoms with Crippen LogP contribution in [0.2, 0.25) is 0 Å². The standard InChI is InChI=1S/C20H29N3O2/c1-22-14-15-23(16-20(22)10-9-19(24)21-12-11-20)13-3-4-17-5-7-18(25-2)8-6-17/h3-8H,9-16H2,1-2H3,(H,21,24)/b4-3+. The largest absolute Gasteiger partial charge is 0.497 e. The second kappa shape index (κ2) is 8.02. The van der Waals surface area contributed by atoms with E-state index in [4.69, 9.17) is 4.74 Å². The van der Waals surface area contributed by atoms with Crippen LogP contribution < -0.4 is 10.1 Å². The van der Waals surface area contributed by atoms with Gasteiger partial charge in [-0.15, -0.1) is 0 Å². The maximum atomic E-state index is 11.7. The van der Waals surface area contributed by atoms with Crippen LogP contribution in [0, 0.1) is 0 Å². The molecule has 2 aliphatic heterocycles. The molecule has 136 valence electrons. The number of ether oxygens (including phenoxy) is 1. The van der Waals surface area contributed by atoms with E-state index in [2.05, 4.69) is 46.4 Å². The molecule has 2 heterocycles. The van der Waals surface area contributed by atoms with Crippen molar-refractivity contribution >= 4 is 12.0 Å². The highest BCUT2D eigenvalue weighted by molar-refractivity contribution is 5.76. The van der Waals surface area contributed by atoms with Crippen molar-refractivity contribution in [3.05, 3.63) is 35.9 Å². The molecule has 1 unspecified atom stereocenters. The van der Waals surface area contributed by atoms with Crippen molar-refractivity contribution in [1.82, 2.24) is 15.1 Å². The number of piperazine rings is 1. The van der Waals surface area contributed by atoms with Crippen molar-refractivity contribution < 1.29 is 9.53 Å². The lowest BCUT2D eigenvalue weighted by Crippen LogP contribution is -2.61. The molecular formula is C20H29N3O2. The summed E-state index contributed by atoms with van der Waals surface area (Å²) in [5.41, 5.74) is 1.32. The summed E-state index contributed by atoms with van der Waals surface area (Å²) in [5, 5.41) is 3.02. The van der Waals surface area contributed by atoms with Crippen molar-refractivity contribution in [1.29, 1.82) is 0 Å². The van der Waals surface area contributed by atoms with Crippen molar-refractivity contribution in [2.45, 2.75) is 24.8 Å². The fraction of sp³-hybridized carbons (Fsp3) is 0.550. The molecule has 0 aromatic heterocycles. The predicted octanol–water partition coefficient (Wildman–Crippen LogP) is 1.99. The molecule has 1 amide bonds. The molecule has 25 heavy (non-hydrogen) atoms. The Bertz CT molecular complexity index is 614. The fourth-order valence-corrected chi connectivity index (χ4v) is 3.89. The molecule has 5 heteroatoms.